The third-order valence-electron chi connectivity index (χ3n) is 7.44. The Morgan fingerprint density at radius 2 is 2.02 bits per heavy atom. The van der Waals surface area contributed by atoms with Crippen LogP contribution < -0.4 is 15.0 Å². The predicted octanol–water partition coefficient (Wildman–Crippen LogP) is 3.87. The van der Waals surface area contributed by atoms with Gasteiger partial charge in [-0.05, 0) is 56.0 Å². The number of benzene rings is 1. The molecule has 2 aliphatic rings. The first kappa shape index (κ1) is 26.7. The monoisotopic (exact) mass is 555 g/mol. The van der Waals surface area contributed by atoms with Crippen LogP contribution in [0.15, 0.2) is 48.9 Å². The molecule has 1 amide bonds. The summed E-state index contributed by atoms with van der Waals surface area (Å²) in [4.78, 5) is 40.4. The third kappa shape index (κ3) is 5.84. The number of fused-ring (bicyclic) bond motifs is 2. The fraction of sp³-hybridized carbons (Fsp3) is 0.400. The highest BCUT2D eigenvalue weighted by Gasteiger charge is 2.27. The van der Waals surface area contributed by atoms with Gasteiger partial charge in [0.25, 0.3) is 0 Å². The highest BCUT2D eigenvalue weighted by molar-refractivity contribution is 5.94. The third-order valence-corrected chi connectivity index (χ3v) is 7.44. The summed E-state index contributed by atoms with van der Waals surface area (Å²) in [6, 6.07) is 9.43. The molecule has 212 valence electrons. The predicted molar refractivity (Wildman–Crippen MR) is 153 cm³/mol. The number of nitrogens with one attached hydrogen (secondary N) is 1. The van der Waals surface area contributed by atoms with Crippen LogP contribution in [0.2, 0.25) is 0 Å². The van der Waals surface area contributed by atoms with Crippen LogP contribution in [0.5, 0.6) is 5.75 Å². The maximum absolute atomic E-state index is 12.6. The second kappa shape index (κ2) is 11.9. The molecule has 11 nitrogen and oxygen atoms in total. The van der Waals surface area contributed by atoms with Crippen molar-refractivity contribution in [3.05, 3.63) is 65.9 Å². The Labute approximate surface area is 237 Å². The van der Waals surface area contributed by atoms with E-state index in [1.165, 1.54) is 5.56 Å². The molecular weight excluding hydrogens is 522 g/mol. The first-order valence-electron chi connectivity index (χ1n) is 14.2. The summed E-state index contributed by atoms with van der Waals surface area (Å²) in [5.74, 6) is 1.85. The summed E-state index contributed by atoms with van der Waals surface area (Å²) in [7, 11) is 0. The van der Waals surface area contributed by atoms with Gasteiger partial charge in [-0.3, -0.25) is 24.2 Å². The van der Waals surface area contributed by atoms with E-state index >= 15 is 0 Å². The molecule has 0 bridgehead atoms. The van der Waals surface area contributed by atoms with Crippen molar-refractivity contribution in [3.63, 3.8) is 0 Å². The Balaban J connectivity index is 1.21. The summed E-state index contributed by atoms with van der Waals surface area (Å²) in [5, 5.41) is 8.87. The lowest BCUT2D eigenvalue weighted by Gasteiger charge is -2.20. The Morgan fingerprint density at radius 3 is 2.88 bits per heavy atom. The molecule has 4 aromatic rings. The fourth-order valence-corrected chi connectivity index (χ4v) is 5.40. The summed E-state index contributed by atoms with van der Waals surface area (Å²) in [6.07, 6.45) is 9.14. The number of carbonyl (C=O) groups is 2. The number of amides is 1. The minimum absolute atomic E-state index is 0.0227. The van der Waals surface area contributed by atoms with Crippen molar-refractivity contribution >= 4 is 34.4 Å². The van der Waals surface area contributed by atoms with Gasteiger partial charge in [-0.25, -0.2) is 9.97 Å². The zero-order chi connectivity index (χ0) is 28.2. The SMILES string of the molecule is CCOC(=O)CC(c1cncc(N2CCCC2=O)n1)n1ncc2cc(OCCc3ccc4c(n3)NCCC4)ccc21. The second-order valence-electron chi connectivity index (χ2n) is 10.2. The molecule has 3 aromatic heterocycles. The first-order chi connectivity index (χ1) is 20.1. The highest BCUT2D eigenvalue weighted by Crippen LogP contribution is 2.29. The lowest BCUT2D eigenvalue weighted by atomic mass is 10.1. The smallest absolute Gasteiger partial charge is 0.308 e. The summed E-state index contributed by atoms with van der Waals surface area (Å²) in [5.41, 5.74) is 3.62. The molecule has 1 saturated heterocycles. The normalized spacial score (nSPS) is 15.4. The van der Waals surface area contributed by atoms with Crippen molar-refractivity contribution in [1.82, 2.24) is 24.7 Å². The van der Waals surface area contributed by atoms with Gasteiger partial charge in [-0.15, -0.1) is 0 Å². The Kier molecular flexibility index (Phi) is 7.75. The number of carbonyl (C=O) groups excluding carboxylic acids is 2. The van der Waals surface area contributed by atoms with Crippen molar-refractivity contribution in [3.8, 4) is 5.75 Å². The van der Waals surface area contributed by atoms with Crippen LogP contribution in [0.4, 0.5) is 11.6 Å². The number of aromatic nitrogens is 5. The molecule has 41 heavy (non-hydrogen) atoms. The van der Waals surface area contributed by atoms with Crippen LogP contribution in [0.25, 0.3) is 10.9 Å². The van der Waals surface area contributed by atoms with Gasteiger partial charge in [0.1, 0.15) is 17.6 Å². The van der Waals surface area contributed by atoms with Gasteiger partial charge in [0.2, 0.25) is 5.91 Å². The Bertz CT molecular complexity index is 1570. The quantitative estimate of drug-likeness (QED) is 0.290. The molecule has 11 heteroatoms. The van der Waals surface area contributed by atoms with Gasteiger partial charge in [0.05, 0.1) is 49.4 Å². The molecule has 0 radical (unpaired) electrons. The van der Waals surface area contributed by atoms with E-state index in [2.05, 4.69) is 27.5 Å². The molecule has 0 saturated carbocycles. The van der Waals surface area contributed by atoms with Crippen LogP contribution in [-0.2, 0) is 27.2 Å². The number of aryl methyl sites for hydroxylation is 1. The lowest BCUT2D eigenvalue weighted by molar-refractivity contribution is -0.143. The molecule has 1 atom stereocenters. The molecule has 6 rings (SSSR count). The maximum Gasteiger partial charge on any atom is 0.308 e. The van der Waals surface area contributed by atoms with Crippen LogP contribution in [-0.4, -0.2) is 62.9 Å². The molecule has 1 unspecified atom stereocenters. The molecule has 0 spiro atoms. The fourth-order valence-electron chi connectivity index (χ4n) is 5.40. The number of hydrogen-bond donors (Lipinski definition) is 1. The molecule has 1 N–H and O–H groups in total. The molecule has 2 aliphatic heterocycles. The lowest BCUT2D eigenvalue weighted by Crippen LogP contribution is -2.26. The van der Waals surface area contributed by atoms with Gasteiger partial charge < -0.3 is 14.8 Å². The number of rotatable bonds is 10. The summed E-state index contributed by atoms with van der Waals surface area (Å²) in [6.45, 7) is 4.11. The number of hydrogen-bond acceptors (Lipinski definition) is 9. The standard InChI is InChI=1S/C30H33N7O4/c1-2-40-29(39)16-26(24-18-31-19-27(35-24)36-13-4-6-28(36)38)37-25-10-9-23(15-21(25)17-33-37)41-14-11-22-8-7-20-5-3-12-32-30(20)34-22/h7-10,15,17-19,26H,2-6,11-14,16H2,1H3,(H,32,34). The second-order valence-corrected chi connectivity index (χ2v) is 10.2. The Hall–Kier alpha value is -4.54. The zero-order valence-electron chi connectivity index (χ0n) is 23.1. The van der Waals surface area contributed by atoms with Crippen molar-refractivity contribution in [1.29, 1.82) is 0 Å². The van der Waals surface area contributed by atoms with E-state index in [1.54, 1.807) is 35.1 Å². The highest BCUT2D eigenvalue weighted by atomic mass is 16.5. The van der Waals surface area contributed by atoms with Crippen LogP contribution in [0.1, 0.15) is 55.6 Å². The molecular formula is C30H33N7O4. The topological polar surface area (TPSA) is 124 Å². The molecule has 5 heterocycles. The molecule has 1 fully saturated rings. The van der Waals surface area contributed by atoms with E-state index in [-0.39, 0.29) is 24.9 Å². The van der Waals surface area contributed by atoms with E-state index in [0.29, 0.717) is 37.5 Å². The van der Waals surface area contributed by atoms with Crippen molar-refractivity contribution in [2.45, 2.75) is 51.5 Å². The van der Waals surface area contributed by atoms with Gasteiger partial charge in [-0.1, -0.05) is 6.07 Å². The van der Waals surface area contributed by atoms with Crippen LogP contribution in [0.3, 0.4) is 0 Å². The van der Waals surface area contributed by atoms with Gasteiger partial charge in [0.15, 0.2) is 5.82 Å². The van der Waals surface area contributed by atoms with Gasteiger partial charge in [-0.2, -0.15) is 5.10 Å². The number of esters is 1. The number of ether oxygens (including phenoxy) is 2. The minimum Gasteiger partial charge on any atom is -0.493 e. The van der Waals surface area contributed by atoms with Gasteiger partial charge in [0, 0.05) is 37.0 Å². The zero-order valence-corrected chi connectivity index (χ0v) is 23.1. The van der Waals surface area contributed by atoms with E-state index in [1.807, 2.05) is 18.2 Å². The molecule has 1 aromatic carbocycles. The van der Waals surface area contributed by atoms with E-state index in [9.17, 15) is 9.59 Å². The van der Waals surface area contributed by atoms with Crippen molar-refractivity contribution in [2.75, 3.05) is 36.5 Å². The summed E-state index contributed by atoms with van der Waals surface area (Å²) >= 11 is 0. The first-order valence-corrected chi connectivity index (χ1v) is 14.2. The van der Waals surface area contributed by atoms with Crippen molar-refractivity contribution < 1.29 is 19.1 Å². The Morgan fingerprint density at radius 1 is 1.10 bits per heavy atom. The number of anilines is 2. The maximum atomic E-state index is 12.6. The average Bonchev–Trinajstić information content (AvgIpc) is 3.62. The minimum atomic E-state index is -0.563. The van der Waals surface area contributed by atoms with E-state index < -0.39 is 6.04 Å². The van der Waals surface area contributed by atoms with Gasteiger partial charge >= 0.3 is 5.97 Å². The molecule has 0 aliphatic carbocycles. The van der Waals surface area contributed by atoms with E-state index in [4.69, 9.17) is 19.4 Å². The van der Waals surface area contributed by atoms with Crippen molar-refractivity contribution in [2.24, 2.45) is 0 Å². The summed E-state index contributed by atoms with van der Waals surface area (Å²) < 4.78 is 13.1. The van der Waals surface area contributed by atoms with Crippen LogP contribution >= 0.6 is 0 Å². The largest absolute Gasteiger partial charge is 0.493 e. The number of pyridine rings is 1. The average molecular weight is 556 g/mol. The number of nitrogens with zero attached hydrogens (tertiary/aromatic N) is 6. The van der Waals surface area contributed by atoms with E-state index in [0.717, 1.165) is 54.0 Å². The van der Waals surface area contributed by atoms with Crippen LogP contribution in [0, 0.1) is 0 Å².